The van der Waals surface area contributed by atoms with Crippen molar-refractivity contribution in [2.75, 3.05) is 25.2 Å². The average Bonchev–Trinajstić information content (AvgIpc) is 2.34. The minimum absolute atomic E-state index is 0.492. The lowest BCUT2D eigenvalue weighted by molar-refractivity contribution is 0.198. The van der Waals surface area contributed by atoms with E-state index in [1.165, 1.54) is 0 Å². The van der Waals surface area contributed by atoms with E-state index in [2.05, 4.69) is 6.92 Å². The first-order valence-corrected chi connectivity index (χ1v) is 6.91. The number of rotatable bonds is 7. The topological polar surface area (TPSA) is 38.7 Å². The summed E-state index contributed by atoms with van der Waals surface area (Å²) in [6, 6.07) is 5.51. The smallest absolute Gasteiger partial charge is 0.161 e. The van der Waals surface area contributed by atoms with E-state index >= 15 is 0 Å². The zero-order valence-corrected chi connectivity index (χ0v) is 11.4. The van der Waals surface area contributed by atoms with Crippen molar-refractivity contribution >= 4 is 11.8 Å². The molecule has 0 amide bonds. The first-order chi connectivity index (χ1) is 8.19. The van der Waals surface area contributed by atoms with Gasteiger partial charge in [0.25, 0.3) is 0 Å². The summed E-state index contributed by atoms with van der Waals surface area (Å²) >= 11 is 1.84. The molecule has 96 valence electrons. The van der Waals surface area contributed by atoms with Gasteiger partial charge in [0.05, 0.1) is 19.8 Å². The second-order valence-corrected chi connectivity index (χ2v) is 5.03. The van der Waals surface area contributed by atoms with E-state index in [9.17, 15) is 5.11 Å². The summed E-state index contributed by atoms with van der Waals surface area (Å²) in [7, 11) is 1.61. The summed E-state index contributed by atoms with van der Waals surface area (Å²) < 4.78 is 10.9. The van der Waals surface area contributed by atoms with E-state index in [1.54, 1.807) is 14.0 Å². The number of hydrogen-bond acceptors (Lipinski definition) is 4. The Morgan fingerprint density at radius 3 is 2.71 bits per heavy atom. The molecule has 0 aliphatic carbocycles. The van der Waals surface area contributed by atoms with Gasteiger partial charge in [0.2, 0.25) is 0 Å². The monoisotopic (exact) mass is 256 g/mol. The Balaban J connectivity index is 2.65. The molecule has 0 bridgehead atoms. The largest absolute Gasteiger partial charge is 0.493 e. The summed E-state index contributed by atoms with van der Waals surface area (Å²) in [5, 5.41) is 9.48. The number of benzene rings is 1. The lowest BCUT2D eigenvalue weighted by Gasteiger charge is -2.13. The Morgan fingerprint density at radius 2 is 2.12 bits per heavy atom. The number of aliphatic hydroxyl groups excluding tert-OH is 1. The second kappa shape index (κ2) is 7.45. The summed E-state index contributed by atoms with van der Waals surface area (Å²) in [6.45, 7) is 4.53. The third-order valence-corrected chi connectivity index (χ3v) is 3.22. The average molecular weight is 256 g/mol. The van der Waals surface area contributed by atoms with Crippen molar-refractivity contribution in [3.63, 3.8) is 0 Å². The predicted octanol–water partition coefficient (Wildman–Crippen LogP) is 2.88. The SMILES string of the molecule is CCSCCOc1ccc([C@H](C)O)cc1OC. The van der Waals surface area contributed by atoms with Gasteiger partial charge in [-0.3, -0.25) is 0 Å². The third kappa shape index (κ3) is 4.48. The van der Waals surface area contributed by atoms with Crippen LogP contribution in [-0.4, -0.2) is 30.3 Å². The first kappa shape index (κ1) is 14.2. The van der Waals surface area contributed by atoms with Crippen LogP contribution in [0.3, 0.4) is 0 Å². The number of thioether (sulfide) groups is 1. The summed E-state index contributed by atoms with van der Waals surface area (Å²) in [5.74, 6) is 3.47. The lowest BCUT2D eigenvalue weighted by Crippen LogP contribution is -2.02. The molecule has 0 saturated carbocycles. The van der Waals surface area contributed by atoms with Crippen molar-refractivity contribution < 1.29 is 14.6 Å². The fourth-order valence-corrected chi connectivity index (χ4v) is 1.91. The van der Waals surface area contributed by atoms with Crippen molar-refractivity contribution in [1.82, 2.24) is 0 Å². The molecule has 0 heterocycles. The zero-order chi connectivity index (χ0) is 12.7. The highest BCUT2D eigenvalue weighted by molar-refractivity contribution is 7.99. The molecule has 0 radical (unpaired) electrons. The van der Waals surface area contributed by atoms with Crippen molar-refractivity contribution in [2.45, 2.75) is 20.0 Å². The summed E-state index contributed by atoms with van der Waals surface area (Å²) in [6.07, 6.45) is -0.492. The van der Waals surface area contributed by atoms with Crippen molar-refractivity contribution in [3.05, 3.63) is 23.8 Å². The van der Waals surface area contributed by atoms with Crippen molar-refractivity contribution in [3.8, 4) is 11.5 Å². The molecule has 0 aliphatic heterocycles. The standard InChI is InChI=1S/C13H20O3S/c1-4-17-8-7-16-12-6-5-11(10(2)14)9-13(12)15-3/h5-6,9-10,14H,4,7-8H2,1-3H3/t10-/m0/s1. The molecule has 0 saturated heterocycles. The van der Waals surface area contributed by atoms with E-state index in [-0.39, 0.29) is 0 Å². The van der Waals surface area contributed by atoms with E-state index in [0.29, 0.717) is 12.4 Å². The second-order valence-electron chi connectivity index (χ2n) is 3.63. The van der Waals surface area contributed by atoms with Gasteiger partial charge in [0.1, 0.15) is 0 Å². The summed E-state index contributed by atoms with van der Waals surface area (Å²) in [4.78, 5) is 0. The van der Waals surface area contributed by atoms with Crippen LogP contribution in [0.15, 0.2) is 18.2 Å². The van der Waals surface area contributed by atoms with Gasteiger partial charge in [-0.1, -0.05) is 13.0 Å². The van der Waals surface area contributed by atoms with E-state index in [0.717, 1.165) is 22.8 Å². The molecule has 0 aromatic heterocycles. The van der Waals surface area contributed by atoms with Gasteiger partial charge in [0, 0.05) is 5.75 Å². The van der Waals surface area contributed by atoms with Crippen LogP contribution < -0.4 is 9.47 Å². The van der Waals surface area contributed by atoms with Crippen LogP contribution >= 0.6 is 11.8 Å². The molecule has 1 rings (SSSR count). The first-order valence-electron chi connectivity index (χ1n) is 5.75. The minimum atomic E-state index is -0.492. The maximum Gasteiger partial charge on any atom is 0.161 e. The fourth-order valence-electron chi connectivity index (χ4n) is 1.42. The Bertz CT molecular complexity index is 339. The van der Waals surface area contributed by atoms with Crippen molar-refractivity contribution in [1.29, 1.82) is 0 Å². The molecule has 1 N–H and O–H groups in total. The Labute approximate surface area is 107 Å². The highest BCUT2D eigenvalue weighted by Gasteiger charge is 2.08. The van der Waals surface area contributed by atoms with Crippen LogP contribution in [0.1, 0.15) is 25.5 Å². The Morgan fingerprint density at radius 1 is 1.35 bits per heavy atom. The Hall–Kier alpha value is -0.870. The van der Waals surface area contributed by atoms with Crippen LogP contribution in [0.25, 0.3) is 0 Å². The molecule has 1 atom stereocenters. The lowest BCUT2D eigenvalue weighted by atomic mass is 10.1. The van der Waals surface area contributed by atoms with Gasteiger partial charge in [0.15, 0.2) is 11.5 Å². The van der Waals surface area contributed by atoms with Gasteiger partial charge >= 0.3 is 0 Å². The maximum atomic E-state index is 9.48. The number of hydrogen-bond donors (Lipinski definition) is 1. The van der Waals surface area contributed by atoms with Gasteiger partial charge in [-0.05, 0) is 30.4 Å². The van der Waals surface area contributed by atoms with Crippen LogP contribution in [-0.2, 0) is 0 Å². The maximum absolute atomic E-state index is 9.48. The molecule has 17 heavy (non-hydrogen) atoms. The van der Waals surface area contributed by atoms with Crippen LogP contribution in [0.2, 0.25) is 0 Å². The normalized spacial score (nSPS) is 12.2. The minimum Gasteiger partial charge on any atom is -0.493 e. The fraction of sp³-hybridized carbons (Fsp3) is 0.538. The van der Waals surface area contributed by atoms with Crippen LogP contribution in [0, 0.1) is 0 Å². The zero-order valence-electron chi connectivity index (χ0n) is 10.6. The number of aliphatic hydroxyl groups is 1. The van der Waals surface area contributed by atoms with Gasteiger partial charge in [-0.25, -0.2) is 0 Å². The van der Waals surface area contributed by atoms with Gasteiger partial charge in [-0.2, -0.15) is 11.8 Å². The van der Waals surface area contributed by atoms with Gasteiger partial charge < -0.3 is 14.6 Å². The molecular formula is C13H20O3S. The predicted molar refractivity (Wildman–Crippen MR) is 72.1 cm³/mol. The van der Waals surface area contributed by atoms with Gasteiger partial charge in [-0.15, -0.1) is 0 Å². The molecule has 0 unspecified atom stereocenters. The molecule has 0 fully saturated rings. The number of ether oxygens (including phenoxy) is 2. The van der Waals surface area contributed by atoms with E-state index < -0.39 is 6.10 Å². The van der Waals surface area contributed by atoms with Crippen LogP contribution in [0.4, 0.5) is 0 Å². The molecule has 0 spiro atoms. The summed E-state index contributed by atoms with van der Waals surface area (Å²) in [5.41, 5.74) is 0.831. The molecule has 3 nitrogen and oxygen atoms in total. The van der Waals surface area contributed by atoms with Crippen LogP contribution in [0.5, 0.6) is 11.5 Å². The highest BCUT2D eigenvalue weighted by atomic mass is 32.2. The third-order valence-electron chi connectivity index (χ3n) is 2.36. The molecule has 1 aromatic rings. The van der Waals surface area contributed by atoms with E-state index in [4.69, 9.17) is 9.47 Å². The molecule has 4 heteroatoms. The van der Waals surface area contributed by atoms with Crippen molar-refractivity contribution in [2.24, 2.45) is 0 Å². The highest BCUT2D eigenvalue weighted by Crippen LogP contribution is 2.30. The van der Waals surface area contributed by atoms with E-state index in [1.807, 2.05) is 30.0 Å². The Kier molecular flexibility index (Phi) is 6.22. The molecular weight excluding hydrogens is 236 g/mol. The quantitative estimate of drug-likeness (QED) is 0.761. The number of methoxy groups -OCH3 is 1. The molecule has 0 aliphatic rings. The molecule has 1 aromatic carbocycles.